The predicted octanol–water partition coefficient (Wildman–Crippen LogP) is 4.89. The van der Waals surface area contributed by atoms with Crippen molar-refractivity contribution in [1.82, 2.24) is 29.6 Å². The van der Waals surface area contributed by atoms with Gasteiger partial charge in [0.2, 0.25) is 0 Å². The van der Waals surface area contributed by atoms with Crippen LogP contribution in [-0.4, -0.2) is 30.2 Å². The van der Waals surface area contributed by atoms with Crippen LogP contribution in [0.3, 0.4) is 0 Å². The molecule has 0 bridgehead atoms. The lowest BCUT2D eigenvalue weighted by atomic mass is 9.99. The van der Waals surface area contributed by atoms with Crippen molar-refractivity contribution in [2.75, 3.05) is 0 Å². The number of aryl methyl sites for hydroxylation is 3. The fourth-order valence-electron chi connectivity index (χ4n) is 4.48. The van der Waals surface area contributed by atoms with Crippen LogP contribution in [0.5, 0.6) is 0 Å². The van der Waals surface area contributed by atoms with Gasteiger partial charge >= 0.3 is 0 Å². The molecule has 5 aromatic rings. The molecule has 0 saturated carbocycles. The van der Waals surface area contributed by atoms with Gasteiger partial charge in [-0.2, -0.15) is 5.10 Å². The summed E-state index contributed by atoms with van der Waals surface area (Å²) >= 11 is 0. The number of pyridine rings is 1. The Morgan fingerprint density at radius 2 is 1.95 bits per heavy atom. The average molecular weight is 495 g/mol. The van der Waals surface area contributed by atoms with Crippen LogP contribution >= 0.6 is 0 Å². The van der Waals surface area contributed by atoms with E-state index in [2.05, 4.69) is 15.4 Å². The standard InChI is InChI=1S/C29H30N6O2/c1-19-13-21(17-37-18-28-30-11-12-34(28)3)9-10-23(19)29(36)32-20(2)25-14-27(22-15-31-35(4)16-22)33-26-8-6-5-7-24(25)26/h5-16,20H,17-18H2,1-4H3,(H,32,36)/t20-/m1/s1. The van der Waals surface area contributed by atoms with Crippen molar-refractivity contribution in [2.45, 2.75) is 33.1 Å². The minimum absolute atomic E-state index is 0.116. The Hall–Kier alpha value is -4.30. The molecule has 1 N–H and O–H groups in total. The number of fused-ring (bicyclic) bond motifs is 1. The second kappa shape index (κ2) is 10.4. The zero-order chi connectivity index (χ0) is 25.9. The molecular weight excluding hydrogens is 464 g/mol. The maximum Gasteiger partial charge on any atom is 0.252 e. The van der Waals surface area contributed by atoms with Gasteiger partial charge in [-0.1, -0.05) is 30.3 Å². The number of amides is 1. The van der Waals surface area contributed by atoms with Gasteiger partial charge in [0.25, 0.3) is 5.91 Å². The molecule has 0 saturated heterocycles. The van der Waals surface area contributed by atoms with E-state index in [4.69, 9.17) is 9.72 Å². The molecule has 0 unspecified atom stereocenters. The summed E-state index contributed by atoms with van der Waals surface area (Å²) < 4.78 is 9.51. The Bertz CT molecular complexity index is 1570. The number of rotatable bonds is 8. The van der Waals surface area contributed by atoms with Crippen LogP contribution in [0.25, 0.3) is 22.2 Å². The highest BCUT2D eigenvalue weighted by Crippen LogP contribution is 2.29. The Morgan fingerprint density at radius 3 is 2.68 bits per heavy atom. The van der Waals surface area contributed by atoms with Gasteiger partial charge in [0.1, 0.15) is 12.4 Å². The number of carbonyl (C=O) groups is 1. The first-order valence-electron chi connectivity index (χ1n) is 12.2. The van der Waals surface area contributed by atoms with Crippen LogP contribution < -0.4 is 5.32 Å². The summed E-state index contributed by atoms with van der Waals surface area (Å²) in [6.45, 7) is 4.83. The molecule has 0 fully saturated rings. The second-order valence-corrected chi connectivity index (χ2v) is 9.31. The average Bonchev–Trinajstić information content (AvgIpc) is 3.51. The molecule has 3 aromatic heterocycles. The van der Waals surface area contributed by atoms with Crippen molar-refractivity contribution in [3.63, 3.8) is 0 Å². The van der Waals surface area contributed by atoms with Gasteiger partial charge < -0.3 is 14.6 Å². The SMILES string of the molecule is Cc1cc(COCc2nccn2C)ccc1C(=O)N[C@H](C)c1cc(-c2cnn(C)c2)nc2ccccc12. The first-order chi connectivity index (χ1) is 17.9. The summed E-state index contributed by atoms with van der Waals surface area (Å²) in [6, 6.07) is 15.6. The van der Waals surface area contributed by atoms with E-state index in [9.17, 15) is 4.79 Å². The number of nitrogens with one attached hydrogen (secondary N) is 1. The Morgan fingerprint density at radius 1 is 1.11 bits per heavy atom. The van der Waals surface area contributed by atoms with Crippen LogP contribution in [0.2, 0.25) is 0 Å². The van der Waals surface area contributed by atoms with E-state index in [1.54, 1.807) is 17.1 Å². The van der Waals surface area contributed by atoms with Crippen molar-refractivity contribution >= 4 is 16.8 Å². The summed E-state index contributed by atoms with van der Waals surface area (Å²) in [5.74, 6) is 0.756. The van der Waals surface area contributed by atoms with Gasteiger partial charge in [0.15, 0.2) is 0 Å². The summed E-state index contributed by atoms with van der Waals surface area (Å²) in [7, 11) is 3.83. The molecule has 8 heteroatoms. The highest BCUT2D eigenvalue weighted by Gasteiger charge is 2.18. The topological polar surface area (TPSA) is 86.9 Å². The fourth-order valence-corrected chi connectivity index (χ4v) is 4.48. The summed E-state index contributed by atoms with van der Waals surface area (Å²) in [6.07, 6.45) is 7.39. The molecule has 5 rings (SSSR count). The van der Waals surface area contributed by atoms with Crippen LogP contribution in [0.1, 0.15) is 45.8 Å². The predicted molar refractivity (Wildman–Crippen MR) is 143 cm³/mol. The molecule has 1 atom stereocenters. The van der Waals surface area contributed by atoms with Gasteiger partial charge in [-0.3, -0.25) is 9.48 Å². The highest BCUT2D eigenvalue weighted by molar-refractivity contribution is 5.96. The first kappa shape index (κ1) is 24.4. The molecule has 188 valence electrons. The molecule has 0 aliphatic heterocycles. The van der Waals surface area contributed by atoms with Crippen molar-refractivity contribution in [1.29, 1.82) is 0 Å². The number of imidazole rings is 1. The van der Waals surface area contributed by atoms with Crippen LogP contribution in [0.4, 0.5) is 0 Å². The number of benzene rings is 2. The van der Waals surface area contributed by atoms with Crippen molar-refractivity contribution < 1.29 is 9.53 Å². The molecule has 0 radical (unpaired) electrons. The lowest BCUT2D eigenvalue weighted by Crippen LogP contribution is -2.27. The number of nitrogens with zero attached hydrogens (tertiary/aromatic N) is 5. The quantitative estimate of drug-likeness (QED) is 0.332. The third-order valence-electron chi connectivity index (χ3n) is 6.52. The zero-order valence-corrected chi connectivity index (χ0v) is 21.5. The number of carbonyl (C=O) groups excluding carboxylic acids is 1. The Balaban J connectivity index is 1.32. The molecule has 0 spiro atoms. The zero-order valence-electron chi connectivity index (χ0n) is 21.5. The van der Waals surface area contributed by atoms with Gasteiger partial charge in [-0.15, -0.1) is 0 Å². The van der Waals surface area contributed by atoms with Crippen molar-refractivity contribution in [2.24, 2.45) is 14.1 Å². The molecule has 0 aliphatic rings. The third-order valence-corrected chi connectivity index (χ3v) is 6.52. The van der Waals surface area contributed by atoms with Crippen molar-refractivity contribution in [3.8, 4) is 11.3 Å². The molecule has 2 aromatic carbocycles. The normalized spacial score (nSPS) is 12.1. The molecular formula is C29H30N6O2. The van der Waals surface area contributed by atoms with E-state index in [-0.39, 0.29) is 11.9 Å². The van der Waals surface area contributed by atoms with E-state index < -0.39 is 0 Å². The van der Waals surface area contributed by atoms with E-state index in [0.717, 1.165) is 44.7 Å². The number of para-hydroxylation sites is 1. The van der Waals surface area contributed by atoms with E-state index in [0.29, 0.717) is 18.8 Å². The molecule has 3 heterocycles. The van der Waals surface area contributed by atoms with Gasteiger partial charge in [0, 0.05) is 49.2 Å². The number of hydrogen-bond donors (Lipinski definition) is 1. The van der Waals surface area contributed by atoms with Crippen LogP contribution in [-0.2, 0) is 32.0 Å². The minimum Gasteiger partial charge on any atom is -0.369 e. The van der Waals surface area contributed by atoms with Gasteiger partial charge in [-0.05, 0) is 48.7 Å². The monoisotopic (exact) mass is 494 g/mol. The largest absolute Gasteiger partial charge is 0.369 e. The minimum atomic E-state index is -0.226. The third kappa shape index (κ3) is 5.29. The second-order valence-electron chi connectivity index (χ2n) is 9.31. The maximum atomic E-state index is 13.3. The Labute approximate surface area is 215 Å². The molecule has 37 heavy (non-hydrogen) atoms. The van der Waals surface area contributed by atoms with Gasteiger partial charge in [0.05, 0.1) is 30.1 Å². The first-order valence-corrected chi connectivity index (χ1v) is 12.2. The molecule has 8 nitrogen and oxygen atoms in total. The summed E-state index contributed by atoms with van der Waals surface area (Å²) in [5.41, 5.74) is 6.21. The lowest BCUT2D eigenvalue weighted by Gasteiger charge is -2.18. The van der Waals surface area contributed by atoms with Crippen LogP contribution in [0, 0.1) is 6.92 Å². The lowest BCUT2D eigenvalue weighted by molar-refractivity contribution is 0.0938. The molecule has 0 aliphatic carbocycles. The highest BCUT2D eigenvalue weighted by atomic mass is 16.5. The fraction of sp³-hybridized carbons (Fsp3) is 0.241. The van der Waals surface area contributed by atoms with E-state index in [1.165, 1.54) is 0 Å². The Kier molecular flexibility index (Phi) is 6.83. The van der Waals surface area contributed by atoms with Gasteiger partial charge in [-0.25, -0.2) is 9.97 Å². The van der Waals surface area contributed by atoms with E-state index >= 15 is 0 Å². The van der Waals surface area contributed by atoms with Crippen LogP contribution in [0.15, 0.2) is 73.3 Å². The number of hydrogen-bond acceptors (Lipinski definition) is 5. The maximum absolute atomic E-state index is 13.3. The van der Waals surface area contributed by atoms with E-state index in [1.807, 2.05) is 93.4 Å². The van der Waals surface area contributed by atoms with Crippen molar-refractivity contribution in [3.05, 3.63) is 101 Å². The smallest absolute Gasteiger partial charge is 0.252 e. The number of ether oxygens (including phenoxy) is 1. The molecule has 1 amide bonds. The number of aromatic nitrogens is 5. The summed E-state index contributed by atoms with van der Waals surface area (Å²) in [5, 5.41) is 8.48. The summed E-state index contributed by atoms with van der Waals surface area (Å²) in [4.78, 5) is 22.4.